The van der Waals surface area contributed by atoms with Crippen LogP contribution in [0.2, 0.25) is 0 Å². The van der Waals surface area contributed by atoms with Crippen LogP contribution in [0.15, 0.2) is 48.0 Å². The molecule has 0 N–H and O–H groups in total. The van der Waals surface area contributed by atoms with Gasteiger partial charge in [0.25, 0.3) is 0 Å². The van der Waals surface area contributed by atoms with Gasteiger partial charge in [-0.3, -0.25) is 9.36 Å². The number of ether oxygens (including phenoxy) is 1. The summed E-state index contributed by atoms with van der Waals surface area (Å²) in [5.41, 5.74) is 4.66. The zero-order valence-corrected chi connectivity index (χ0v) is 18.6. The van der Waals surface area contributed by atoms with Gasteiger partial charge in [-0.1, -0.05) is 18.2 Å². The van der Waals surface area contributed by atoms with E-state index in [1.807, 2.05) is 61.1 Å². The van der Waals surface area contributed by atoms with Gasteiger partial charge in [-0.05, 0) is 45.9 Å². The van der Waals surface area contributed by atoms with Gasteiger partial charge in [-0.15, -0.1) is 11.3 Å². The second-order valence-corrected chi connectivity index (χ2v) is 8.10. The molecule has 3 heterocycles. The highest BCUT2D eigenvalue weighted by atomic mass is 32.1. The minimum atomic E-state index is -0.556. The third-order valence-electron chi connectivity index (χ3n) is 5.17. The number of hydrogen-bond acceptors (Lipinski definition) is 6. The molecule has 1 aromatic carbocycles. The number of esters is 1. The highest BCUT2D eigenvalue weighted by Gasteiger charge is 2.23. The minimum absolute atomic E-state index is 0.255. The second kappa shape index (κ2) is 8.31. The summed E-state index contributed by atoms with van der Waals surface area (Å²) in [5, 5.41) is 7.15. The summed E-state index contributed by atoms with van der Waals surface area (Å²) >= 11 is 1.49. The summed E-state index contributed by atoms with van der Waals surface area (Å²) in [6.07, 6.45) is 1.72. The van der Waals surface area contributed by atoms with Crippen molar-refractivity contribution in [3.63, 3.8) is 0 Å². The van der Waals surface area contributed by atoms with Crippen molar-refractivity contribution >= 4 is 23.1 Å². The van der Waals surface area contributed by atoms with Gasteiger partial charge in [-0.25, -0.2) is 14.5 Å². The van der Waals surface area contributed by atoms with Crippen LogP contribution >= 0.6 is 11.3 Å². The highest BCUT2D eigenvalue weighted by molar-refractivity contribution is 7.12. The van der Waals surface area contributed by atoms with Crippen LogP contribution in [0.4, 0.5) is 0 Å². The van der Waals surface area contributed by atoms with E-state index in [0.717, 1.165) is 22.2 Å². The number of hydrogen-bond donors (Lipinski definition) is 0. The summed E-state index contributed by atoms with van der Waals surface area (Å²) in [5.74, 6) is -0.811. The van der Waals surface area contributed by atoms with Crippen molar-refractivity contribution in [1.29, 1.82) is 0 Å². The first-order valence-electron chi connectivity index (χ1n) is 9.79. The lowest BCUT2D eigenvalue weighted by Crippen LogP contribution is -2.16. The molecule has 0 saturated heterocycles. The number of para-hydroxylation sites is 1. The number of carbonyl (C=O) groups excluding carboxylic acids is 2. The van der Waals surface area contributed by atoms with E-state index in [9.17, 15) is 9.59 Å². The molecular weight excluding hydrogens is 412 g/mol. The number of rotatable bonds is 6. The lowest BCUT2D eigenvalue weighted by atomic mass is 10.1. The van der Waals surface area contributed by atoms with Gasteiger partial charge in [0.2, 0.25) is 5.78 Å². The van der Waals surface area contributed by atoms with E-state index in [-0.39, 0.29) is 12.4 Å². The van der Waals surface area contributed by atoms with Gasteiger partial charge in [0.05, 0.1) is 17.1 Å². The molecule has 0 aliphatic rings. The Morgan fingerprint density at radius 2 is 1.81 bits per heavy atom. The van der Waals surface area contributed by atoms with Gasteiger partial charge in [0, 0.05) is 28.5 Å². The van der Waals surface area contributed by atoms with E-state index in [4.69, 9.17) is 4.74 Å². The molecule has 0 bridgehead atoms. The van der Waals surface area contributed by atoms with E-state index >= 15 is 0 Å². The fourth-order valence-electron chi connectivity index (χ4n) is 3.71. The van der Waals surface area contributed by atoms with E-state index in [1.165, 1.54) is 11.3 Å². The van der Waals surface area contributed by atoms with Gasteiger partial charge in [0.1, 0.15) is 5.56 Å². The van der Waals surface area contributed by atoms with Crippen molar-refractivity contribution < 1.29 is 14.3 Å². The molecule has 3 aromatic heterocycles. The summed E-state index contributed by atoms with van der Waals surface area (Å²) < 4.78 is 9.02. The molecule has 0 fully saturated rings. The Hall–Kier alpha value is -3.52. The van der Waals surface area contributed by atoms with Gasteiger partial charge in [-0.2, -0.15) is 5.10 Å². The van der Waals surface area contributed by atoms with E-state index in [2.05, 4.69) is 10.1 Å². The van der Waals surface area contributed by atoms with Crippen LogP contribution < -0.4 is 0 Å². The molecular formula is C23H22N4O3S. The summed E-state index contributed by atoms with van der Waals surface area (Å²) in [7, 11) is 0. The standard InChI is InChI=1S/C23H22N4O3S/c1-14-12-19(16(3)26(14)23-24-10-11-31-23)20(28)13-30-22(29)21-15(2)25-27(17(21)4)18-8-6-5-7-9-18/h5-12H,13H2,1-4H3. The molecule has 0 amide bonds. The Balaban J connectivity index is 1.52. The molecule has 0 unspecified atom stereocenters. The average molecular weight is 435 g/mol. The zero-order valence-electron chi connectivity index (χ0n) is 17.7. The maximum absolute atomic E-state index is 12.8. The molecule has 4 aromatic rings. The number of nitrogens with zero attached hydrogens (tertiary/aromatic N) is 4. The molecule has 31 heavy (non-hydrogen) atoms. The van der Waals surface area contributed by atoms with Crippen LogP contribution in [-0.4, -0.2) is 37.7 Å². The smallest absolute Gasteiger partial charge is 0.342 e. The summed E-state index contributed by atoms with van der Waals surface area (Å²) in [4.78, 5) is 29.9. The maximum atomic E-state index is 12.8. The Morgan fingerprint density at radius 1 is 1.06 bits per heavy atom. The van der Waals surface area contributed by atoms with E-state index in [0.29, 0.717) is 22.5 Å². The van der Waals surface area contributed by atoms with E-state index < -0.39 is 5.97 Å². The number of thiazole rings is 1. The van der Waals surface area contributed by atoms with Gasteiger partial charge in [0.15, 0.2) is 11.7 Å². The Morgan fingerprint density at radius 3 is 2.48 bits per heavy atom. The molecule has 4 rings (SSSR count). The molecule has 0 aliphatic heterocycles. The van der Waals surface area contributed by atoms with E-state index in [1.54, 1.807) is 23.9 Å². The summed E-state index contributed by atoms with van der Waals surface area (Å²) in [6, 6.07) is 11.4. The molecule has 7 nitrogen and oxygen atoms in total. The van der Waals surface area contributed by atoms with Gasteiger partial charge < -0.3 is 4.74 Å². The monoisotopic (exact) mass is 434 g/mol. The molecule has 0 atom stereocenters. The van der Waals surface area contributed by atoms with Gasteiger partial charge >= 0.3 is 5.97 Å². The van der Waals surface area contributed by atoms with Crippen molar-refractivity contribution in [2.45, 2.75) is 27.7 Å². The summed E-state index contributed by atoms with van der Waals surface area (Å²) in [6.45, 7) is 7.01. The number of aryl methyl sites for hydroxylation is 2. The van der Waals surface area contributed by atoms with Crippen molar-refractivity contribution in [1.82, 2.24) is 19.3 Å². The topological polar surface area (TPSA) is 79.0 Å². The third-order valence-corrected chi connectivity index (χ3v) is 5.93. The minimum Gasteiger partial charge on any atom is -0.454 e. The molecule has 0 saturated carbocycles. The number of benzene rings is 1. The Labute approximate surface area is 183 Å². The fraction of sp³-hybridized carbons (Fsp3) is 0.217. The lowest BCUT2D eigenvalue weighted by molar-refractivity contribution is 0.0473. The molecule has 0 aliphatic carbocycles. The Bertz CT molecular complexity index is 1250. The first-order chi connectivity index (χ1) is 14.9. The quantitative estimate of drug-likeness (QED) is 0.332. The predicted molar refractivity (Wildman–Crippen MR) is 119 cm³/mol. The van der Waals surface area contributed by atoms with Crippen molar-refractivity contribution in [3.8, 4) is 10.8 Å². The van der Waals surface area contributed by atoms with Crippen LogP contribution in [0.1, 0.15) is 43.5 Å². The highest BCUT2D eigenvalue weighted by Crippen LogP contribution is 2.23. The molecule has 0 radical (unpaired) electrons. The van der Waals surface area contributed by atoms with Crippen LogP contribution in [0.25, 0.3) is 10.8 Å². The number of carbonyl (C=O) groups is 2. The van der Waals surface area contributed by atoms with Crippen molar-refractivity contribution in [2.24, 2.45) is 0 Å². The number of Topliss-reactive ketones (excluding diaryl/α,β-unsaturated/α-hetero) is 1. The molecule has 0 spiro atoms. The van der Waals surface area contributed by atoms with Crippen LogP contribution in [0.3, 0.4) is 0 Å². The van der Waals surface area contributed by atoms with Crippen LogP contribution in [0, 0.1) is 27.7 Å². The first kappa shape index (κ1) is 20.7. The number of ketones is 1. The average Bonchev–Trinajstić information content (AvgIpc) is 3.45. The normalized spacial score (nSPS) is 11.0. The SMILES string of the molecule is Cc1nn(-c2ccccc2)c(C)c1C(=O)OCC(=O)c1cc(C)n(-c2nccs2)c1C. The Kier molecular flexibility index (Phi) is 5.56. The lowest BCUT2D eigenvalue weighted by Gasteiger charge is -2.07. The first-order valence-corrected chi connectivity index (χ1v) is 10.7. The molecule has 8 heteroatoms. The van der Waals surface area contributed by atoms with Crippen LogP contribution in [0.5, 0.6) is 0 Å². The largest absolute Gasteiger partial charge is 0.454 e. The van der Waals surface area contributed by atoms with Crippen LogP contribution in [-0.2, 0) is 4.74 Å². The maximum Gasteiger partial charge on any atom is 0.342 e. The second-order valence-electron chi connectivity index (χ2n) is 7.23. The molecule has 158 valence electrons. The zero-order chi connectivity index (χ0) is 22.1. The fourth-order valence-corrected chi connectivity index (χ4v) is 4.46. The third kappa shape index (κ3) is 3.82. The number of aromatic nitrogens is 4. The predicted octanol–water partition coefficient (Wildman–Crippen LogP) is 4.39. The van der Waals surface area contributed by atoms with Crippen molar-refractivity contribution in [2.75, 3.05) is 6.61 Å². The van der Waals surface area contributed by atoms with Crippen molar-refractivity contribution in [3.05, 3.63) is 81.9 Å².